The van der Waals surface area contributed by atoms with Gasteiger partial charge in [0.25, 0.3) is 0 Å². The van der Waals surface area contributed by atoms with E-state index in [1.807, 2.05) is 0 Å². The summed E-state index contributed by atoms with van der Waals surface area (Å²) in [6.07, 6.45) is -4.05. The molecule has 0 N–H and O–H groups in total. The number of alkyl halides is 3. The monoisotopic (exact) mass is 309 g/mol. The molecule has 122 valence electrons. The molecule has 1 aliphatic heterocycles. The molecule has 0 aromatic heterocycles. The number of nitrogens with zero attached hydrogens (tertiary/aromatic N) is 1. The molecule has 0 radical (unpaired) electrons. The Morgan fingerprint density at radius 2 is 1.67 bits per heavy atom. The fraction of sp³-hybridized carbons (Fsp3) is 0.857. The normalized spacial score (nSPS) is 17.7. The van der Waals surface area contributed by atoms with Gasteiger partial charge in [0.2, 0.25) is 5.91 Å². The Balaban J connectivity index is 2.49. The number of methoxy groups -OCH3 is 1. The molecule has 1 heterocycles. The lowest BCUT2D eigenvalue weighted by molar-refractivity contribution is -0.186. The highest BCUT2D eigenvalue weighted by atomic mass is 19.4. The Bertz CT molecular complexity index is 385. The number of rotatable bonds is 4. The predicted molar refractivity (Wildman–Crippen MR) is 70.4 cm³/mol. The number of halogens is 3. The van der Waals surface area contributed by atoms with Gasteiger partial charge in [-0.2, -0.15) is 13.2 Å². The first kappa shape index (κ1) is 17.8. The molecular formula is C14H22F3NO3. The third-order valence-corrected chi connectivity index (χ3v) is 3.79. The maximum absolute atomic E-state index is 12.6. The molecule has 1 rings (SSSR count). The lowest BCUT2D eigenvalue weighted by Gasteiger charge is -2.34. The van der Waals surface area contributed by atoms with E-state index < -0.39 is 23.5 Å². The van der Waals surface area contributed by atoms with Gasteiger partial charge in [-0.1, -0.05) is 13.8 Å². The van der Waals surface area contributed by atoms with Gasteiger partial charge in [0.1, 0.15) is 0 Å². The van der Waals surface area contributed by atoms with Crippen LogP contribution in [0.25, 0.3) is 0 Å². The minimum atomic E-state index is -4.18. The van der Waals surface area contributed by atoms with Gasteiger partial charge < -0.3 is 9.64 Å². The first-order valence-corrected chi connectivity index (χ1v) is 6.96. The number of carbonyl (C=O) groups excluding carboxylic acids is 2. The van der Waals surface area contributed by atoms with Crippen LogP contribution >= 0.6 is 0 Å². The van der Waals surface area contributed by atoms with Gasteiger partial charge >= 0.3 is 12.1 Å². The maximum atomic E-state index is 12.6. The third kappa shape index (κ3) is 5.55. The molecule has 4 nitrogen and oxygen atoms in total. The van der Waals surface area contributed by atoms with Gasteiger partial charge in [-0.3, -0.25) is 9.59 Å². The van der Waals surface area contributed by atoms with Crippen LogP contribution in [0.5, 0.6) is 0 Å². The van der Waals surface area contributed by atoms with E-state index in [9.17, 15) is 22.8 Å². The first-order valence-electron chi connectivity index (χ1n) is 6.96. The SMILES string of the molecule is COC(=O)CC(C)(C)CC(=O)N1CCC(C(F)(F)F)CC1. The second kappa shape index (κ2) is 6.66. The molecule has 0 spiro atoms. The van der Waals surface area contributed by atoms with Crippen LogP contribution in [0, 0.1) is 11.3 Å². The highest BCUT2D eigenvalue weighted by Crippen LogP contribution is 2.35. The fourth-order valence-electron chi connectivity index (χ4n) is 2.50. The van der Waals surface area contributed by atoms with E-state index in [0.29, 0.717) is 0 Å². The minimum Gasteiger partial charge on any atom is -0.469 e. The molecule has 0 atom stereocenters. The molecule has 1 fully saturated rings. The summed E-state index contributed by atoms with van der Waals surface area (Å²) < 4.78 is 42.3. The molecule has 0 aromatic rings. The van der Waals surface area contributed by atoms with Crippen molar-refractivity contribution in [2.24, 2.45) is 11.3 Å². The van der Waals surface area contributed by atoms with Gasteiger partial charge in [-0.25, -0.2) is 0 Å². The molecule has 1 amide bonds. The summed E-state index contributed by atoms with van der Waals surface area (Å²) in [7, 11) is 1.28. The van der Waals surface area contributed by atoms with Gasteiger partial charge in [-0.15, -0.1) is 0 Å². The van der Waals surface area contributed by atoms with Crippen LogP contribution in [0.4, 0.5) is 13.2 Å². The third-order valence-electron chi connectivity index (χ3n) is 3.79. The zero-order valence-electron chi connectivity index (χ0n) is 12.6. The summed E-state index contributed by atoms with van der Waals surface area (Å²) in [5.41, 5.74) is -0.564. The highest BCUT2D eigenvalue weighted by molar-refractivity contribution is 5.78. The number of hydrogen-bond donors (Lipinski definition) is 0. The van der Waals surface area contributed by atoms with E-state index in [4.69, 9.17) is 0 Å². The van der Waals surface area contributed by atoms with Crippen LogP contribution in [0.1, 0.15) is 39.5 Å². The Labute approximate surface area is 122 Å². The van der Waals surface area contributed by atoms with Crippen molar-refractivity contribution < 1.29 is 27.5 Å². The van der Waals surface area contributed by atoms with Crippen molar-refractivity contribution in [3.63, 3.8) is 0 Å². The second-order valence-corrected chi connectivity index (χ2v) is 6.29. The smallest absolute Gasteiger partial charge is 0.391 e. The van der Waals surface area contributed by atoms with E-state index in [1.54, 1.807) is 13.8 Å². The number of esters is 1. The molecule has 1 saturated heterocycles. The van der Waals surface area contributed by atoms with Crippen molar-refractivity contribution in [2.75, 3.05) is 20.2 Å². The Morgan fingerprint density at radius 1 is 1.14 bits per heavy atom. The Hall–Kier alpha value is -1.27. The number of ether oxygens (including phenoxy) is 1. The van der Waals surface area contributed by atoms with Crippen LogP contribution in [-0.4, -0.2) is 43.2 Å². The number of carbonyl (C=O) groups is 2. The van der Waals surface area contributed by atoms with Crippen LogP contribution in [0.15, 0.2) is 0 Å². The number of amides is 1. The molecule has 0 aromatic carbocycles. The Kier molecular flexibility index (Phi) is 5.64. The lowest BCUT2D eigenvalue weighted by Crippen LogP contribution is -2.43. The van der Waals surface area contributed by atoms with E-state index in [1.165, 1.54) is 12.0 Å². The maximum Gasteiger partial charge on any atom is 0.391 e. The van der Waals surface area contributed by atoms with E-state index in [2.05, 4.69) is 4.74 Å². The van der Waals surface area contributed by atoms with Crippen molar-refractivity contribution in [2.45, 2.75) is 45.7 Å². The van der Waals surface area contributed by atoms with Crippen molar-refractivity contribution in [3.05, 3.63) is 0 Å². The first-order chi connectivity index (χ1) is 9.55. The molecule has 0 saturated carbocycles. The predicted octanol–water partition coefficient (Wildman–Crippen LogP) is 2.77. The summed E-state index contributed by atoms with van der Waals surface area (Å²) in [6.45, 7) is 3.78. The molecule has 1 aliphatic rings. The van der Waals surface area contributed by atoms with Crippen molar-refractivity contribution in [1.82, 2.24) is 4.90 Å². The zero-order chi connectivity index (χ0) is 16.3. The largest absolute Gasteiger partial charge is 0.469 e. The quantitative estimate of drug-likeness (QED) is 0.750. The Morgan fingerprint density at radius 3 is 2.10 bits per heavy atom. The minimum absolute atomic E-state index is 0.0489. The van der Waals surface area contributed by atoms with E-state index >= 15 is 0 Å². The van der Waals surface area contributed by atoms with Gasteiger partial charge in [0, 0.05) is 19.5 Å². The second-order valence-electron chi connectivity index (χ2n) is 6.29. The van der Waals surface area contributed by atoms with Crippen molar-refractivity contribution in [3.8, 4) is 0 Å². The number of piperidine rings is 1. The van der Waals surface area contributed by atoms with Crippen molar-refractivity contribution in [1.29, 1.82) is 0 Å². The van der Waals surface area contributed by atoms with Crippen LogP contribution < -0.4 is 0 Å². The van der Waals surface area contributed by atoms with Crippen LogP contribution in [0.2, 0.25) is 0 Å². The average Bonchev–Trinajstić information content (AvgIpc) is 2.36. The highest BCUT2D eigenvalue weighted by Gasteiger charge is 2.42. The summed E-state index contributed by atoms with van der Waals surface area (Å²) in [5.74, 6) is -1.92. The van der Waals surface area contributed by atoms with Crippen LogP contribution in [0.3, 0.4) is 0 Å². The molecule has 7 heteroatoms. The molecular weight excluding hydrogens is 287 g/mol. The van der Waals surface area contributed by atoms with Gasteiger partial charge in [-0.05, 0) is 18.3 Å². The zero-order valence-corrected chi connectivity index (χ0v) is 12.6. The topological polar surface area (TPSA) is 46.6 Å². The molecule has 0 unspecified atom stereocenters. The van der Waals surface area contributed by atoms with Crippen molar-refractivity contribution >= 4 is 11.9 Å². The number of hydrogen-bond acceptors (Lipinski definition) is 3. The number of likely N-dealkylation sites (tertiary alicyclic amines) is 1. The summed E-state index contributed by atoms with van der Waals surface area (Å²) in [6, 6.07) is 0. The van der Waals surface area contributed by atoms with Gasteiger partial charge in [0.05, 0.1) is 19.4 Å². The van der Waals surface area contributed by atoms with E-state index in [-0.39, 0.29) is 44.7 Å². The van der Waals surface area contributed by atoms with E-state index in [0.717, 1.165) is 0 Å². The standard InChI is InChI=1S/C14H22F3NO3/c1-13(2,9-12(20)21-3)8-11(19)18-6-4-10(5-7-18)14(15,16)17/h10H,4-9H2,1-3H3. The molecule has 21 heavy (non-hydrogen) atoms. The summed E-state index contributed by atoms with van der Waals surface area (Å²) >= 11 is 0. The van der Waals surface area contributed by atoms with Crippen LogP contribution in [-0.2, 0) is 14.3 Å². The molecule has 0 bridgehead atoms. The fourth-order valence-corrected chi connectivity index (χ4v) is 2.50. The summed E-state index contributed by atoms with van der Waals surface area (Å²) in [5, 5.41) is 0. The lowest BCUT2D eigenvalue weighted by atomic mass is 9.84. The summed E-state index contributed by atoms with van der Waals surface area (Å²) in [4.78, 5) is 24.9. The van der Waals surface area contributed by atoms with Gasteiger partial charge in [0.15, 0.2) is 0 Å². The average molecular weight is 309 g/mol. The molecule has 0 aliphatic carbocycles.